The third-order valence-corrected chi connectivity index (χ3v) is 5.93. The van der Waals surface area contributed by atoms with E-state index in [4.69, 9.17) is 9.51 Å². The maximum absolute atomic E-state index is 13.3. The summed E-state index contributed by atoms with van der Waals surface area (Å²) >= 11 is 0. The van der Waals surface area contributed by atoms with Crippen LogP contribution in [0, 0.1) is 20.8 Å². The van der Waals surface area contributed by atoms with E-state index in [1.54, 1.807) is 6.20 Å². The van der Waals surface area contributed by atoms with Crippen molar-refractivity contribution in [2.75, 3.05) is 25.5 Å². The first kappa shape index (κ1) is 21.0. The molecule has 1 atom stereocenters. The van der Waals surface area contributed by atoms with E-state index >= 15 is 0 Å². The highest BCUT2D eigenvalue weighted by molar-refractivity contribution is 5.80. The molecule has 4 rings (SSSR count). The Kier molecular flexibility index (Phi) is 5.76. The van der Waals surface area contributed by atoms with E-state index < -0.39 is 0 Å². The summed E-state index contributed by atoms with van der Waals surface area (Å²) in [6, 6.07) is 8.02. The summed E-state index contributed by atoms with van der Waals surface area (Å²) in [4.78, 5) is 26.5. The fourth-order valence-corrected chi connectivity index (χ4v) is 4.14. The number of carbonyl (C=O) groups is 1. The number of nitrogens with zero attached hydrogens (tertiary/aromatic N) is 5. The standard InChI is InChI=1S/C24H29N5O2/c1-15-8-6-9-18(12-15)13-21(30)29-11-7-10-20(29)22-19(14-25-24(26-22)28(4)5)23-16(2)17(3)27-31-23/h6,8-9,12,14,20H,7,10-11,13H2,1-5H3/t20-/m0/s1. The summed E-state index contributed by atoms with van der Waals surface area (Å²) in [5.74, 6) is 1.41. The van der Waals surface area contributed by atoms with Gasteiger partial charge in [0.2, 0.25) is 11.9 Å². The van der Waals surface area contributed by atoms with Crippen molar-refractivity contribution < 1.29 is 9.32 Å². The van der Waals surface area contributed by atoms with Crippen molar-refractivity contribution in [2.24, 2.45) is 0 Å². The van der Waals surface area contributed by atoms with Gasteiger partial charge in [0.25, 0.3) is 0 Å². The fourth-order valence-electron chi connectivity index (χ4n) is 4.14. The Bertz CT molecular complexity index is 1110. The number of likely N-dealkylation sites (tertiary alicyclic amines) is 1. The molecule has 0 aliphatic carbocycles. The Morgan fingerprint density at radius 3 is 2.74 bits per heavy atom. The Morgan fingerprint density at radius 2 is 2.06 bits per heavy atom. The lowest BCUT2D eigenvalue weighted by molar-refractivity contribution is -0.131. The van der Waals surface area contributed by atoms with Crippen LogP contribution in [0.25, 0.3) is 11.3 Å². The van der Waals surface area contributed by atoms with Crippen molar-refractivity contribution in [1.29, 1.82) is 0 Å². The van der Waals surface area contributed by atoms with Crippen LogP contribution in [0.2, 0.25) is 0 Å². The number of anilines is 1. The second-order valence-electron chi connectivity index (χ2n) is 8.50. The van der Waals surface area contributed by atoms with Crippen LogP contribution in [0.3, 0.4) is 0 Å². The Labute approximate surface area is 183 Å². The van der Waals surface area contributed by atoms with Gasteiger partial charge < -0.3 is 14.3 Å². The average Bonchev–Trinajstić information content (AvgIpc) is 3.35. The molecule has 0 spiro atoms. The van der Waals surface area contributed by atoms with E-state index in [1.807, 2.05) is 62.9 Å². The fraction of sp³-hybridized carbons (Fsp3) is 0.417. The summed E-state index contributed by atoms with van der Waals surface area (Å²) < 4.78 is 5.64. The number of aromatic nitrogens is 3. The monoisotopic (exact) mass is 419 g/mol. The Morgan fingerprint density at radius 1 is 1.26 bits per heavy atom. The lowest BCUT2D eigenvalue weighted by Crippen LogP contribution is -2.33. The molecule has 0 unspecified atom stereocenters. The van der Waals surface area contributed by atoms with Gasteiger partial charge in [-0.05, 0) is 39.2 Å². The number of benzene rings is 1. The third kappa shape index (κ3) is 4.17. The second-order valence-corrected chi connectivity index (χ2v) is 8.50. The molecule has 3 heterocycles. The van der Waals surface area contributed by atoms with Crippen molar-refractivity contribution in [3.63, 3.8) is 0 Å². The quantitative estimate of drug-likeness (QED) is 0.622. The number of hydrogen-bond acceptors (Lipinski definition) is 6. The highest BCUT2D eigenvalue weighted by atomic mass is 16.5. The van der Waals surface area contributed by atoms with Crippen LogP contribution >= 0.6 is 0 Å². The van der Waals surface area contributed by atoms with Crippen LogP contribution < -0.4 is 4.90 Å². The van der Waals surface area contributed by atoms with Crippen LogP contribution in [0.1, 0.15) is 47.0 Å². The van der Waals surface area contributed by atoms with Crippen molar-refractivity contribution >= 4 is 11.9 Å². The molecular weight excluding hydrogens is 390 g/mol. The maximum atomic E-state index is 13.3. The first-order chi connectivity index (χ1) is 14.8. The van der Waals surface area contributed by atoms with Gasteiger partial charge in [0.1, 0.15) is 0 Å². The molecule has 0 saturated carbocycles. The highest BCUT2D eigenvalue weighted by Crippen LogP contribution is 2.38. The zero-order valence-corrected chi connectivity index (χ0v) is 18.8. The molecule has 7 heteroatoms. The summed E-state index contributed by atoms with van der Waals surface area (Å²) in [6.45, 7) is 6.68. The third-order valence-electron chi connectivity index (χ3n) is 5.93. The van der Waals surface area contributed by atoms with Gasteiger partial charge in [-0.15, -0.1) is 0 Å². The number of amides is 1. The van der Waals surface area contributed by atoms with E-state index in [9.17, 15) is 4.79 Å². The molecule has 1 saturated heterocycles. The summed E-state index contributed by atoms with van der Waals surface area (Å²) in [5.41, 5.74) is 5.65. The van der Waals surface area contributed by atoms with Gasteiger partial charge >= 0.3 is 0 Å². The SMILES string of the molecule is Cc1cccc(CC(=O)N2CCC[C@H]2c2nc(N(C)C)ncc2-c2onc(C)c2C)c1. The van der Waals surface area contributed by atoms with Gasteiger partial charge in [-0.1, -0.05) is 35.0 Å². The van der Waals surface area contributed by atoms with Crippen molar-refractivity contribution in [2.45, 2.75) is 46.1 Å². The summed E-state index contributed by atoms with van der Waals surface area (Å²) in [6.07, 6.45) is 3.99. The molecule has 1 fully saturated rings. The van der Waals surface area contributed by atoms with Crippen molar-refractivity contribution in [1.82, 2.24) is 20.0 Å². The van der Waals surface area contributed by atoms with Crippen molar-refractivity contribution in [3.8, 4) is 11.3 Å². The molecule has 162 valence electrons. The highest BCUT2D eigenvalue weighted by Gasteiger charge is 2.34. The van der Waals surface area contributed by atoms with Gasteiger partial charge in [-0.3, -0.25) is 4.79 Å². The minimum atomic E-state index is -0.112. The normalized spacial score (nSPS) is 16.0. The molecule has 7 nitrogen and oxygen atoms in total. The van der Waals surface area contributed by atoms with E-state index in [0.717, 1.165) is 53.0 Å². The van der Waals surface area contributed by atoms with E-state index in [-0.39, 0.29) is 11.9 Å². The predicted molar refractivity (Wildman–Crippen MR) is 120 cm³/mol. The van der Waals surface area contributed by atoms with Crippen LogP contribution in [-0.4, -0.2) is 46.6 Å². The molecule has 2 aromatic heterocycles. The minimum Gasteiger partial charge on any atom is -0.356 e. The summed E-state index contributed by atoms with van der Waals surface area (Å²) in [7, 11) is 3.83. The first-order valence-corrected chi connectivity index (χ1v) is 10.7. The van der Waals surface area contributed by atoms with E-state index in [1.165, 1.54) is 0 Å². The minimum absolute atomic E-state index is 0.112. The molecule has 0 N–H and O–H groups in total. The number of aryl methyl sites for hydroxylation is 2. The van der Waals surface area contributed by atoms with Crippen molar-refractivity contribution in [3.05, 3.63) is 58.5 Å². The lowest BCUT2D eigenvalue weighted by Gasteiger charge is -2.26. The van der Waals surface area contributed by atoms with E-state index in [0.29, 0.717) is 18.1 Å². The molecule has 1 amide bonds. The van der Waals surface area contributed by atoms with Crippen LogP contribution in [0.5, 0.6) is 0 Å². The van der Waals surface area contributed by atoms with Crippen LogP contribution in [0.15, 0.2) is 35.0 Å². The van der Waals surface area contributed by atoms with Gasteiger partial charge in [-0.25, -0.2) is 9.97 Å². The molecule has 31 heavy (non-hydrogen) atoms. The van der Waals surface area contributed by atoms with Gasteiger partial charge in [0.15, 0.2) is 5.76 Å². The molecule has 1 aliphatic rings. The number of carbonyl (C=O) groups excluding carboxylic acids is 1. The molecule has 0 radical (unpaired) electrons. The lowest BCUT2D eigenvalue weighted by atomic mass is 10.0. The smallest absolute Gasteiger partial charge is 0.227 e. The first-order valence-electron chi connectivity index (χ1n) is 10.7. The molecular formula is C24H29N5O2. The zero-order chi connectivity index (χ0) is 22.1. The molecule has 1 aliphatic heterocycles. The van der Waals surface area contributed by atoms with Gasteiger partial charge in [0.05, 0.1) is 29.4 Å². The second kappa shape index (κ2) is 8.49. The van der Waals surface area contributed by atoms with Crippen LogP contribution in [-0.2, 0) is 11.2 Å². The largest absolute Gasteiger partial charge is 0.356 e. The van der Waals surface area contributed by atoms with Crippen LogP contribution in [0.4, 0.5) is 5.95 Å². The van der Waals surface area contributed by atoms with Gasteiger partial charge in [-0.2, -0.15) is 0 Å². The molecule has 0 bridgehead atoms. The molecule has 1 aromatic carbocycles. The topological polar surface area (TPSA) is 75.4 Å². The Balaban J connectivity index is 1.71. The number of rotatable bonds is 5. The zero-order valence-electron chi connectivity index (χ0n) is 18.8. The van der Waals surface area contributed by atoms with E-state index in [2.05, 4.69) is 16.2 Å². The average molecular weight is 420 g/mol. The predicted octanol–water partition coefficient (Wildman–Crippen LogP) is 4.03. The number of hydrogen-bond donors (Lipinski definition) is 0. The summed E-state index contributed by atoms with van der Waals surface area (Å²) in [5, 5.41) is 4.11. The maximum Gasteiger partial charge on any atom is 0.227 e. The Hall–Kier alpha value is -3.22. The van der Waals surface area contributed by atoms with Gasteiger partial charge in [0, 0.05) is 32.4 Å². The molecule has 3 aromatic rings.